The molecule has 1 unspecified atom stereocenters. The summed E-state index contributed by atoms with van der Waals surface area (Å²) in [6.07, 6.45) is 3.59. The fourth-order valence-corrected chi connectivity index (χ4v) is 2.70. The zero-order chi connectivity index (χ0) is 11.6. The minimum absolute atomic E-state index is 0.0761. The average Bonchev–Trinajstić information content (AvgIpc) is 2.15. The first kappa shape index (κ1) is 11.7. The zero-order valence-electron chi connectivity index (χ0n) is 10.6. The second-order valence-electron chi connectivity index (χ2n) is 5.66. The van der Waals surface area contributed by atoms with E-state index in [1.165, 1.54) is 30.4 Å². The van der Waals surface area contributed by atoms with Crippen LogP contribution in [0.15, 0.2) is 24.3 Å². The number of hydrogen-bond acceptors (Lipinski definition) is 1. The van der Waals surface area contributed by atoms with Gasteiger partial charge >= 0.3 is 0 Å². The minimum Gasteiger partial charge on any atom is -0.376 e. The standard InChI is InChI=1S/C15H22O/c1-12-5-4-6-13(9-12)10-14-7-8-16-15(2,3)11-14/h4-6,9,14H,7-8,10-11H2,1-3H3. The first-order chi connectivity index (χ1) is 7.55. The van der Waals surface area contributed by atoms with Gasteiger partial charge in [-0.15, -0.1) is 0 Å². The number of aryl methyl sites for hydroxylation is 1. The summed E-state index contributed by atoms with van der Waals surface area (Å²) in [5.41, 5.74) is 2.92. The van der Waals surface area contributed by atoms with Crippen molar-refractivity contribution in [2.45, 2.75) is 45.6 Å². The topological polar surface area (TPSA) is 9.23 Å². The summed E-state index contributed by atoms with van der Waals surface area (Å²) >= 11 is 0. The molecule has 1 heteroatoms. The molecule has 0 aliphatic carbocycles. The van der Waals surface area contributed by atoms with Crippen LogP contribution in [0.5, 0.6) is 0 Å². The molecular formula is C15H22O. The Hall–Kier alpha value is -0.820. The maximum atomic E-state index is 5.76. The van der Waals surface area contributed by atoms with Gasteiger partial charge < -0.3 is 4.74 Å². The van der Waals surface area contributed by atoms with Gasteiger partial charge in [0.15, 0.2) is 0 Å². The van der Waals surface area contributed by atoms with Gasteiger partial charge in [0.05, 0.1) is 5.60 Å². The summed E-state index contributed by atoms with van der Waals surface area (Å²) in [5.74, 6) is 0.783. The van der Waals surface area contributed by atoms with Crippen LogP contribution in [-0.4, -0.2) is 12.2 Å². The molecule has 1 fully saturated rings. The van der Waals surface area contributed by atoms with Crippen LogP contribution in [0.2, 0.25) is 0 Å². The zero-order valence-corrected chi connectivity index (χ0v) is 10.6. The van der Waals surface area contributed by atoms with Gasteiger partial charge in [0, 0.05) is 6.61 Å². The van der Waals surface area contributed by atoms with Crippen molar-refractivity contribution in [1.29, 1.82) is 0 Å². The van der Waals surface area contributed by atoms with Gasteiger partial charge in [-0.2, -0.15) is 0 Å². The highest BCUT2D eigenvalue weighted by Gasteiger charge is 2.28. The van der Waals surface area contributed by atoms with E-state index in [0.29, 0.717) is 0 Å². The van der Waals surface area contributed by atoms with Crippen molar-refractivity contribution < 1.29 is 4.74 Å². The van der Waals surface area contributed by atoms with Crippen molar-refractivity contribution in [1.82, 2.24) is 0 Å². The summed E-state index contributed by atoms with van der Waals surface area (Å²) in [7, 11) is 0. The Kier molecular flexibility index (Phi) is 3.34. The van der Waals surface area contributed by atoms with Gasteiger partial charge in [0.25, 0.3) is 0 Å². The molecule has 1 aromatic carbocycles. The molecule has 0 N–H and O–H groups in total. The van der Waals surface area contributed by atoms with Crippen molar-refractivity contribution in [2.24, 2.45) is 5.92 Å². The van der Waals surface area contributed by atoms with E-state index in [-0.39, 0.29) is 5.60 Å². The van der Waals surface area contributed by atoms with Crippen molar-refractivity contribution >= 4 is 0 Å². The molecule has 1 nitrogen and oxygen atoms in total. The van der Waals surface area contributed by atoms with Crippen molar-refractivity contribution in [3.8, 4) is 0 Å². The number of hydrogen-bond donors (Lipinski definition) is 0. The van der Waals surface area contributed by atoms with Gasteiger partial charge in [0.1, 0.15) is 0 Å². The Morgan fingerprint density at radius 2 is 2.19 bits per heavy atom. The van der Waals surface area contributed by atoms with Crippen LogP contribution >= 0.6 is 0 Å². The third-order valence-corrected chi connectivity index (χ3v) is 3.41. The summed E-state index contributed by atoms with van der Waals surface area (Å²) in [5, 5.41) is 0. The molecule has 88 valence electrons. The smallest absolute Gasteiger partial charge is 0.0629 e. The normalized spacial score (nSPS) is 24.3. The molecular weight excluding hydrogens is 196 g/mol. The van der Waals surface area contributed by atoms with Gasteiger partial charge in [0.2, 0.25) is 0 Å². The van der Waals surface area contributed by atoms with E-state index in [2.05, 4.69) is 45.0 Å². The lowest BCUT2D eigenvalue weighted by molar-refractivity contribution is -0.0721. The van der Waals surface area contributed by atoms with E-state index in [1.807, 2.05) is 0 Å². The Morgan fingerprint density at radius 3 is 2.88 bits per heavy atom. The van der Waals surface area contributed by atoms with Gasteiger partial charge in [-0.3, -0.25) is 0 Å². The van der Waals surface area contributed by atoms with E-state index < -0.39 is 0 Å². The Balaban J connectivity index is 1.99. The second-order valence-corrected chi connectivity index (χ2v) is 5.66. The number of rotatable bonds is 2. The lowest BCUT2D eigenvalue weighted by Crippen LogP contribution is -2.34. The quantitative estimate of drug-likeness (QED) is 0.734. The molecule has 2 rings (SSSR count). The van der Waals surface area contributed by atoms with Crippen molar-refractivity contribution in [2.75, 3.05) is 6.61 Å². The van der Waals surface area contributed by atoms with E-state index in [4.69, 9.17) is 4.74 Å². The Bertz CT molecular complexity index is 354. The molecule has 0 radical (unpaired) electrons. The van der Waals surface area contributed by atoms with Gasteiger partial charge in [-0.25, -0.2) is 0 Å². The van der Waals surface area contributed by atoms with E-state index >= 15 is 0 Å². The highest BCUT2D eigenvalue weighted by molar-refractivity contribution is 5.22. The minimum atomic E-state index is 0.0761. The highest BCUT2D eigenvalue weighted by atomic mass is 16.5. The lowest BCUT2D eigenvalue weighted by Gasteiger charge is -2.35. The SMILES string of the molecule is Cc1cccc(CC2CCOC(C)(C)C2)c1. The lowest BCUT2D eigenvalue weighted by atomic mass is 9.84. The molecule has 1 heterocycles. The van der Waals surface area contributed by atoms with Crippen LogP contribution in [0.4, 0.5) is 0 Å². The predicted octanol–water partition coefficient (Wildman–Crippen LogP) is 3.74. The molecule has 0 aromatic heterocycles. The summed E-state index contributed by atoms with van der Waals surface area (Å²) in [6.45, 7) is 7.49. The number of ether oxygens (including phenoxy) is 1. The van der Waals surface area contributed by atoms with Crippen LogP contribution in [0, 0.1) is 12.8 Å². The molecule has 1 aliphatic heterocycles. The molecule has 0 bridgehead atoms. The first-order valence-electron chi connectivity index (χ1n) is 6.25. The van der Waals surface area contributed by atoms with E-state index in [0.717, 1.165) is 12.5 Å². The Labute approximate surface area is 98.8 Å². The molecule has 1 atom stereocenters. The molecule has 1 aliphatic rings. The third kappa shape index (κ3) is 3.08. The second kappa shape index (κ2) is 4.58. The van der Waals surface area contributed by atoms with Crippen LogP contribution in [0.1, 0.15) is 37.8 Å². The summed E-state index contributed by atoms with van der Waals surface area (Å²) < 4.78 is 5.76. The fourth-order valence-electron chi connectivity index (χ4n) is 2.70. The largest absolute Gasteiger partial charge is 0.376 e. The maximum Gasteiger partial charge on any atom is 0.0629 e. The fraction of sp³-hybridized carbons (Fsp3) is 0.600. The molecule has 1 aromatic rings. The van der Waals surface area contributed by atoms with Gasteiger partial charge in [-0.05, 0) is 51.5 Å². The van der Waals surface area contributed by atoms with Crippen LogP contribution in [-0.2, 0) is 11.2 Å². The first-order valence-corrected chi connectivity index (χ1v) is 6.25. The van der Waals surface area contributed by atoms with E-state index in [9.17, 15) is 0 Å². The van der Waals surface area contributed by atoms with Crippen LogP contribution in [0.25, 0.3) is 0 Å². The Morgan fingerprint density at radius 1 is 1.38 bits per heavy atom. The summed E-state index contributed by atoms with van der Waals surface area (Å²) in [4.78, 5) is 0. The molecule has 0 spiro atoms. The maximum absolute atomic E-state index is 5.76. The molecule has 1 saturated heterocycles. The molecule has 16 heavy (non-hydrogen) atoms. The van der Waals surface area contributed by atoms with Gasteiger partial charge in [-0.1, -0.05) is 29.8 Å². The van der Waals surface area contributed by atoms with E-state index in [1.54, 1.807) is 0 Å². The number of benzene rings is 1. The molecule has 0 amide bonds. The molecule has 0 saturated carbocycles. The summed E-state index contributed by atoms with van der Waals surface area (Å²) in [6, 6.07) is 8.88. The predicted molar refractivity (Wildman–Crippen MR) is 67.6 cm³/mol. The van der Waals surface area contributed by atoms with Crippen molar-refractivity contribution in [3.63, 3.8) is 0 Å². The van der Waals surface area contributed by atoms with Crippen LogP contribution < -0.4 is 0 Å². The third-order valence-electron chi connectivity index (χ3n) is 3.41. The monoisotopic (exact) mass is 218 g/mol. The highest BCUT2D eigenvalue weighted by Crippen LogP contribution is 2.30. The van der Waals surface area contributed by atoms with Crippen LogP contribution in [0.3, 0.4) is 0 Å². The van der Waals surface area contributed by atoms with Crippen molar-refractivity contribution in [3.05, 3.63) is 35.4 Å². The average molecular weight is 218 g/mol.